The number of pyridine rings is 1. The molecule has 0 radical (unpaired) electrons. The van der Waals surface area contributed by atoms with Crippen LogP contribution in [0.3, 0.4) is 0 Å². The predicted molar refractivity (Wildman–Crippen MR) is 106 cm³/mol. The lowest BCUT2D eigenvalue weighted by atomic mass is 10.1. The molecule has 0 saturated heterocycles. The van der Waals surface area contributed by atoms with E-state index >= 15 is 8.78 Å². The van der Waals surface area contributed by atoms with Crippen molar-refractivity contribution in [2.45, 2.75) is 32.0 Å². The summed E-state index contributed by atoms with van der Waals surface area (Å²) in [5, 5.41) is 8.62. The van der Waals surface area contributed by atoms with Crippen LogP contribution < -0.4 is 20.8 Å². The molecule has 154 valence electrons. The van der Waals surface area contributed by atoms with Gasteiger partial charge in [-0.25, -0.2) is 13.6 Å². The number of benzene rings is 2. The van der Waals surface area contributed by atoms with Gasteiger partial charge in [-0.2, -0.15) is 0 Å². The van der Waals surface area contributed by atoms with E-state index in [-0.39, 0.29) is 35.7 Å². The van der Waals surface area contributed by atoms with E-state index in [1.807, 2.05) is 6.07 Å². The van der Waals surface area contributed by atoms with Crippen molar-refractivity contribution in [2.24, 2.45) is 0 Å². The molecule has 0 amide bonds. The Balaban J connectivity index is 1.71. The van der Waals surface area contributed by atoms with Crippen LogP contribution in [0.2, 0.25) is 0 Å². The number of hydrogen-bond acceptors (Lipinski definition) is 5. The molecule has 1 aliphatic heterocycles. The van der Waals surface area contributed by atoms with Crippen LogP contribution in [-0.4, -0.2) is 15.8 Å². The standard InChI is InChI=1S/C21H17F2N3O4/c22-14-6-12-18(26(11-4-5-11)9-16(20(12)27)30-21(28)29)17(23)19(14)25-7-10-2-1-3-15(24)13(10)8-25/h1-3,6,9,11H,4-5,7-8,24H2,(H,28,29). The molecule has 2 aromatic carbocycles. The minimum absolute atomic E-state index is 0.0550. The second kappa shape index (κ2) is 6.45. The molecule has 9 heteroatoms. The number of hydrogen-bond donors (Lipinski definition) is 2. The lowest BCUT2D eigenvalue weighted by molar-refractivity contribution is 0.143. The van der Waals surface area contributed by atoms with Crippen LogP contribution in [0.4, 0.5) is 25.0 Å². The van der Waals surface area contributed by atoms with E-state index in [9.17, 15) is 9.59 Å². The molecule has 1 aromatic heterocycles. The van der Waals surface area contributed by atoms with E-state index in [2.05, 4.69) is 4.74 Å². The predicted octanol–water partition coefficient (Wildman–Crippen LogP) is 3.77. The van der Waals surface area contributed by atoms with Crippen molar-refractivity contribution in [1.29, 1.82) is 0 Å². The molecule has 3 aromatic rings. The third-order valence-corrected chi connectivity index (χ3v) is 5.62. The van der Waals surface area contributed by atoms with E-state index in [4.69, 9.17) is 10.8 Å². The average molecular weight is 413 g/mol. The van der Waals surface area contributed by atoms with Crippen LogP contribution in [0.25, 0.3) is 10.9 Å². The van der Waals surface area contributed by atoms with Gasteiger partial charge in [0.25, 0.3) is 0 Å². The van der Waals surface area contributed by atoms with Gasteiger partial charge < -0.3 is 25.0 Å². The number of fused-ring (bicyclic) bond motifs is 2. The maximum atomic E-state index is 15.7. The Labute approximate surface area is 168 Å². The summed E-state index contributed by atoms with van der Waals surface area (Å²) in [6, 6.07) is 6.24. The minimum Gasteiger partial charge on any atom is -0.449 e. The Morgan fingerprint density at radius 3 is 2.67 bits per heavy atom. The molecule has 0 bridgehead atoms. The maximum Gasteiger partial charge on any atom is 0.511 e. The van der Waals surface area contributed by atoms with Crippen molar-refractivity contribution >= 4 is 28.4 Å². The van der Waals surface area contributed by atoms with Gasteiger partial charge in [-0.05, 0) is 36.1 Å². The highest BCUT2D eigenvalue weighted by Gasteiger charge is 2.32. The van der Waals surface area contributed by atoms with Crippen LogP contribution in [0.15, 0.2) is 35.3 Å². The summed E-state index contributed by atoms with van der Waals surface area (Å²) in [6.45, 7) is 0.531. The molecule has 7 nitrogen and oxygen atoms in total. The molecular formula is C21H17F2N3O4. The van der Waals surface area contributed by atoms with E-state index in [0.29, 0.717) is 5.69 Å². The normalized spacial score (nSPS) is 15.5. The molecule has 2 aliphatic rings. The van der Waals surface area contributed by atoms with Crippen molar-refractivity contribution in [1.82, 2.24) is 4.57 Å². The fraction of sp³-hybridized carbons (Fsp3) is 0.238. The highest BCUT2D eigenvalue weighted by Crippen LogP contribution is 2.41. The molecule has 3 N–H and O–H groups in total. The first-order valence-electron chi connectivity index (χ1n) is 9.44. The number of rotatable bonds is 3. The third kappa shape index (κ3) is 2.77. The summed E-state index contributed by atoms with van der Waals surface area (Å²) in [5.41, 5.74) is 7.11. The third-order valence-electron chi connectivity index (χ3n) is 5.62. The topological polar surface area (TPSA) is 97.8 Å². The fourth-order valence-electron chi connectivity index (χ4n) is 4.11. The van der Waals surface area contributed by atoms with Crippen molar-refractivity contribution in [2.75, 3.05) is 10.6 Å². The zero-order valence-corrected chi connectivity index (χ0v) is 15.7. The maximum absolute atomic E-state index is 15.7. The van der Waals surface area contributed by atoms with Gasteiger partial charge >= 0.3 is 6.16 Å². The van der Waals surface area contributed by atoms with E-state index in [0.717, 1.165) is 30.0 Å². The largest absolute Gasteiger partial charge is 0.511 e. The van der Waals surface area contributed by atoms with Gasteiger partial charge in [0.1, 0.15) is 11.5 Å². The van der Waals surface area contributed by atoms with Crippen molar-refractivity contribution in [3.05, 3.63) is 63.4 Å². The number of anilines is 2. The lowest BCUT2D eigenvalue weighted by Gasteiger charge is -2.22. The molecule has 30 heavy (non-hydrogen) atoms. The Morgan fingerprint density at radius 2 is 2.00 bits per heavy atom. The quantitative estimate of drug-likeness (QED) is 0.501. The van der Waals surface area contributed by atoms with Gasteiger partial charge in [0.15, 0.2) is 11.6 Å². The first kappa shape index (κ1) is 18.4. The molecule has 0 atom stereocenters. The number of nitrogen functional groups attached to an aromatic ring is 1. The molecule has 5 rings (SSSR count). The summed E-state index contributed by atoms with van der Waals surface area (Å²) in [4.78, 5) is 25.1. The Bertz CT molecular complexity index is 1280. The Kier molecular flexibility index (Phi) is 3.96. The van der Waals surface area contributed by atoms with Crippen LogP contribution in [0, 0.1) is 11.6 Å². The van der Waals surface area contributed by atoms with E-state index in [1.165, 1.54) is 10.8 Å². The highest BCUT2D eigenvalue weighted by molar-refractivity contribution is 5.86. The number of nitrogens with zero attached hydrogens (tertiary/aromatic N) is 2. The molecule has 0 spiro atoms. The van der Waals surface area contributed by atoms with Crippen LogP contribution in [-0.2, 0) is 13.1 Å². The SMILES string of the molecule is Nc1cccc2c1CN(c1c(F)cc3c(=O)c(OC(=O)O)cn(C4CC4)c3c1F)C2. The number of halogens is 2. The summed E-state index contributed by atoms with van der Waals surface area (Å²) >= 11 is 0. The molecule has 1 aliphatic carbocycles. The van der Waals surface area contributed by atoms with Crippen LogP contribution in [0.1, 0.15) is 30.0 Å². The van der Waals surface area contributed by atoms with E-state index in [1.54, 1.807) is 17.0 Å². The summed E-state index contributed by atoms with van der Waals surface area (Å²) in [6.07, 6.45) is 1.00. The lowest BCUT2D eigenvalue weighted by Crippen LogP contribution is -2.21. The minimum atomic E-state index is -1.67. The van der Waals surface area contributed by atoms with Gasteiger partial charge in [0.2, 0.25) is 5.43 Å². The zero-order valence-electron chi connectivity index (χ0n) is 15.7. The second-order valence-corrected chi connectivity index (χ2v) is 7.59. The Morgan fingerprint density at radius 1 is 1.23 bits per heavy atom. The molecule has 0 unspecified atom stereocenters. The van der Waals surface area contributed by atoms with Gasteiger partial charge in [0.05, 0.1) is 17.1 Å². The van der Waals surface area contributed by atoms with Crippen molar-refractivity contribution in [3.63, 3.8) is 0 Å². The molecular weight excluding hydrogens is 396 g/mol. The van der Waals surface area contributed by atoms with Crippen LogP contribution >= 0.6 is 0 Å². The highest BCUT2D eigenvalue weighted by atomic mass is 19.1. The zero-order chi connectivity index (χ0) is 21.2. The van der Waals surface area contributed by atoms with Gasteiger partial charge in [-0.15, -0.1) is 0 Å². The average Bonchev–Trinajstić information content (AvgIpc) is 3.43. The van der Waals surface area contributed by atoms with Gasteiger partial charge in [0, 0.05) is 24.8 Å². The fourth-order valence-corrected chi connectivity index (χ4v) is 4.11. The molecule has 2 heterocycles. The van der Waals surface area contributed by atoms with Crippen LogP contribution in [0.5, 0.6) is 5.75 Å². The monoisotopic (exact) mass is 413 g/mol. The first-order chi connectivity index (χ1) is 14.3. The molecule has 1 saturated carbocycles. The number of aromatic nitrogens is 1. The van der Waals surface area contributed by atoms with Gasteiger partial charge in [-0.1, -0.05) is 12.1 Å². The Hall–Kier alpha value is -3.62. The number of ether oxygens (including phenoxy) is 1. The summed E-state index contributed by atoms with van der Waals surface area (Å²) in [7, 11) is 0. The second-order valence-electron chi connectivity index (χ2n) is 7.59. The summed E-state index contributed by atoms with van der Waals surface area (Å²) in [5.74, 6) is -2.24. The van der Waals surface area contributed by atoms with Gasteiger partial charge in [-0.3, -0.25) is 4.79 Å². The van der Waals surface area contributed by atoms with Crippen molar-refractivity contribution in [3.8, 4) is 5.75 Å². The van der Waals surface area contributed by atoms with Crippen molar-refractivity contribution < 1.29 is 23.4 Å². The number of carboxylic acid groups (broad SMARTS) is 1. The smallest absolute Gasteiger partial charge is 0.449 e. The first-order valence-corrected chi connectivity index (χ1v) is 9.44. The number of carbonyl (C=O) groups is 1. The molecule has 1 fully saturated rings. The number of nitrogens with two attached hydrogens (primary N) is 1. The van der Waals surface area contributed by atoms with E-state index < -0.39 is 29.0 Å². The summed E-state index contributed by atoms with van der Waals surface area (Å²) < 4.78 is 36.8.